The smallest absolute Gasteiger partial charge is 0.203 e. The molecule has 1 aromatic carbocycles. The zero-order chi connectivity index (χ0) is 19.9. The Hall–Kier alpha value is -2.65. The molecule has 1 aromatic rings. The Balaban J connectivity index is 2.01. The lowest BCUT2D eigenvalue weighted by molar-refractivity contribution is -0.209. The van der Waals surface area contributed by atoms with Crippen LogP contribution in [0.15, 0.2) is 41.5 Å². The first-order chi connectivity index (χ1) is 12.5. The Labute approximate surface area is 152 Å². The number of hydrogen-bond donors (Lipinski definition) is 5. The lowest BCUT2D eigenvalue weighted by atomic mass is 9.56. The van der Waals surface area contributed by atoms with Gasteiger partial charge in [0.2, 0.25) is 5.78 Å². The first kappa shape index (κ1) is 17.7. The molecule has 3 aliphatic rings. The molecule has 1 saturated carbocycles. The summed E-state index contributed by atoms with van der Waals surface area (Å²) in [5.74, 6) is -3.55. The molecule has 0 bridgehead atoms. The van der Waals surface area contributed by atoms with Crippen molar-refractivity contribution in [3.05, 3.63) is 52.6 Å². The molecule has 8 heteroatoms. The molecule has 3 aliphatic carbocycles. The van der Waals surface area contributed by atoms with Crippen LogP contribution in [0.3, 0.4) is 0 Å². The number of carbonyl (C=O) groups excluding carboxylic acids is 3. The van der Waals surface area contributed by atoms with E-state index in [0.717, 1.165) is 19.1 Å². The SMILES string of the molecule is CC1(O)CC2(O)C=CC3=C(C(=O)c4cccc(O)c4C3=O)C2(O)C(=O)C1O. The van der Waals surface area contributed by atoms with E-state index in [4.69, 9.17) is 0 Å². The van der Waals surface area contributed by atoms with Crippen molar-refractivity contribution in [2.24, 2.45) is 0 Å². The minimum Gasteiger partial charge on any atom is -0.507 e. The second-order valence-electron chi connectivity index (χ2n) is 7.42. The highest BCUT2D eigenvalue weighted by Gasteiger charge is 2.69. The molecule has 0 saturated heterocycles. The van der Waals surface area contributed by atoms with Gasteiger partial charge in [-0.25, -0.2) is 0 Å². The number of hydrogen-bond acceptors (Lipinski definition) is 8. The molecule has 0 amide bonds. The summed E-state index contributed by atoms with van der Waals surface area (Å²) in [6, 6.07) is 3.79. The maximum Gasteiger partial charge on any atom is 0.203 e. The molecule has 0 aromatic heterocycles. The largest absolute Gasteiger partial charge is 0.507 e. The van der Waals surface area contributed by atoms with E-state index in [1.807, 2.05) is 0 Å². The van der Waals surface area contributed by atoms with Crippen molar-refractivity contribution in [3.63, 3.8) is 0 Å². The van der Waals surface area contributed by atoms with Gasteiger partial charge in [-0.2, -0.15) is 0 Å². The summed E-state index contributed by atoms with van der Waals surface area (Å²) < 4.78 is 0. The molecule has 27 heavy (non-hydrogen) atoms. The fourth-order valence-electron chi connectivity index (χ4n) is 4.20. The predicted octanol–water partition coefficient (Wildman–Crippen LogP) is -0.815. The van der Waals surface area contributed by atoms with Gasteiger partial charge in [-0.1, -0.05) is 18.2 Å². The average molecular weight is 372 g/mol. The third-order valence-corrected chi connectivity index (χ3v) is 5.59. The van der Waals surface area contributed by atoms with Crippen LogP contribution in [0.5, 0.6) is 5.75 Å². The van der Waals surface area contributed by atoms with Crippen LogP contribution in [-0.4, -0.2) is 65.8 Å². The minimum absolute atomic E-state index is 0.232. The molecular formula is C19H16O8. The molecule has 8 nitrogen and oxygen atoms in total. The molecule has 1 fully saturated rings. The number of phenols is 1. The predicted molar refractivity (Wildman–Crippen MR) is 89.1 cm³/mol. The van der Waals surface area contributed by atoms with E-state index in [0.29, 0.717) is 0 Å². The quantitative estimate of drug-likeness (QED) is 0.396. The van der Waals surface area contributed by atoms with Gasteiger partial charge in [0, 0.05) is 17.6 Å². The van der Waals surface area contributed by atoms with Gasteiger partial charge in [0.15, 0.2) is 17.2 Å². The highest BCUT2D eigenvalue weighted by Crippen LogP contribution is 2.51. The first-order valence-electron chi connectivity index (χ1n) is 8.20. The van der Waals surface area contributed by atoms with E-state index in [1.54, 1.807) is 0 Å². The van der Waals surface area contributed by atoms with Crippen LogP contribution < -0.4 is 0 Å². The summed E-state index contributed by atoms with van der Waals surface area (Å²) >= 11 is 0. The number of Topliss-reactive ketones (excluding diaryl/α,β-unsaturated/α-hetero) is 3. The number of carbonyl (C=O) groups is 3. The Morgan fingerprint density at radius 1 is 1.07 bits per heavy atom. The number of ketones is 3. The Morgan fingerprint density at radius 3 is 2.41 bits per heavy atom. The normalized spacial score (nSPS) is 37.8. The third kappa shape index (κ3) is 1.93. The van der Waals surface area contributed by atoms with Crippen LogP contribution in [-0.2, 0) is 4.79 Å². The lowest BCUT2D eigenvalue weighted by Gasteiger charge is -2.53. The molecule has 4 atom stereocenters. The summed E-state index contributed by atoms with van der Waals surface area (Å²) in [6.45, 7) is 1.12. The molecule has 0 heterocycles. The van der Waals surface area contributed by atoms with Gasteiger partial charge >= 0.3 is 0 Å². The summed E-state index contributed by atoms with van der Waals surface area (Å²) in [5.41, 5.74) is -8.92. The number of aliphatic hydroxyl groups excluding tert-OH is 1. The number of aliphatic hydroxyl groups is 4. The second-order valence-corrected chi connectivity index (χ2v) is 7.42. The second kappa shape index (κ2) is 4.99. The van der Waals surface area contributed by atoms with Gasteiger partial charge in [0.05, 0.1) is 16.7 Å². The van der Waals surface area contributed by atoms with Gasteiger partial charge in [0.1, 0.15) is 17.5 Å². The monoisotopic (exact) mass is 372 g/mol. The van der Waals surface area contributed by atoms with Gasteiger partial charge in [0.25, 0.3) is 0 Å². The Kier molecular flexibility index (Phi) is 3.28. The highest BCUT2D eigenvalue weighted by atomic mass is 16.4. The maximum atomic E-state index is 13.0. The summed E-state index contributed by atoms with van der Waals surface area (Å²) in [7, 11) is 0. The number of phenolic OH excluding ortho intramolecular Hbond substituents is 1. The zero-order valence-electron chi connectivity index (χ0n) is 14.1. The number of aromatic hydroxyl groups is 1. The van der Waals surface area contributed by atoms with E-state index in [9.17, 15) is 39.9 Å². The standard InChI is InChI=1S/C19H16O8/c1-17(25)7-18(26)6-5-9-12(19(18,27)16(24)15(17)23)14(22)8-3-2-4-10(20)11(8)13(9)21/h2-6,15,20,23,25-27H,7H2,1H3. The summed E-state index contributed by atoms with van der Waals surface area (Å²) in [4.78, 5) is 38.6. The highest BCUT2D eigenvalue weighted by molar-refractivity contribution is 6.32. The van der Waals surface area contributed by atoms with Crippen LogP contribution in [0.25, 0.3) is 0 Å². The number of benzene rings is 1. The topological polar surface area (TPSA) is 152 Å². The van der Waals surface area contributed by atoms with Crippen molar-refractivity contribution >= 4 is 17.3 Å². The number of allylic oxidation sites excluding steroid dienone is 2. The van der Waals surface area contributed by atoms with Crippen molar-refractivity contribution in [2.45, 2.75) is 36.3 Å². The van der Waals surface area contributed by atoms with Gasteiger partial charge in [-0.15, -0.1) is 0 Å². The van der Waals surface area contributed by atoms with E-state index in [1.165, 1.54) is 18.2 Å². The molecule has 140 valence electrons. The average Bonchev–Trinajstić information content (AvgIpc) is 2.59. The molecule has 0 spiro atoms. The minimum atomic E-state index is -2.92. The maximum absolute atomic E-state index is 13.0. The van der Waals surface area contributed by atoms with Gasteiger partial charge in [-0.3, -0.25) is 14.4 Å². The van der Waals surface area contributed by atoms with Crippen molar-refractivity contribution < 1.29 is 39.9 Å². The summed E-state index contributed by atoms with van der Waals surface area (Å²) in [5, 5.41) is 52.5. The van der Waals surface area contributed by atoms with E-state index < -0.39 is 58.0 Å². The van der Waals surface area contributed by atoms with Crippen LogP contribution >= 0.6 is 0 Å². The molecule has 0 aliphatic heterocycles. The first-order valence-corrected chi connectivity index (χ1v) is 8.20. The lowest BCUT2D eigenvalue weighted by Crippen LogP contribution is -2.74. The van der Waals surface area contributed by atoms with Crippen LogP contribution in [0.2, 0.25) is 0 Å². The summed E-state index contributed by atoms with van der Waals surface area (Å²) in [6.07, 6.45) is -0.692. The molecule has 5 N–H and O–H groups in total. The van der Waals surface area contributed by atoms with E-state index in [-0.39, 0.29) is 16.7 Å². The van der Waals surface area contributed by atoms with Crippen LogP contribution in [0.4, 0.5) is 0 Å². The number of rotatable bonds is 0. The van der Waals surface area contributed by atoms with Crippen LogP contribution in [0, 0.1) is 0 Å². The van der Waals surface area contributed by atoms with Gasteiger partial charge in [-0.05, 0) is 19.1 Å². The number of fused-ring (bicyclic) bond motifs is 3. The molecule has 4 unspecified atom stereocenters. The molecule has 4 rings (SSSR count). The molecular weight excluding hydrogens is 356 g/mol. The Morgan fingerprint density at radius 2 is 1.74 bits per heavy atom. The fourth-order valence-corrected chi connectivity index (χ4v) is 4.20. The third-order valence-electron chi connectivity index (χ3n) is 5.59. The van der Waals surface area contributed by atoms with E-state index >= 15 is 0 Å². The van der Waals surface area contributed by atoms with Crippen LogP contribution in [0.1, 0.15) is 34.1 Å². The van der Waals surface area contributed by atoms with Crippen molar-refractivity contribution in [1.82, 2.24) is 0 Å². The molecule has 0 radical (unpaired) electrons. The fraction of sp³-hybridized carbons (Fsp3) is 0.316. The van der Waals surface area contributed by atoms with Crippen molar-refractivity contribution in [1.29, 1.82) is 0 Å². The van der Waals surface area contributed by atoms with Crippen molar-refractivity contribution in [2.75, 3.05) is 0 Å². The zero-order valence-corrected chi connectivity index (χ0v) is 14.1. The van der Waals surface area contributed by atoms with Crippen molar-refractivity contribution in [3.8, 4) is 5.75 Å². The van der Waals surface area contributed by atoms with Gasteiger partial charge < -0.3 is 25.5 Å². The Bertz CT molecular complexity index is 1000. The van der Waals surface area contributed by atoms with E-state index in [2.05, 4.69) is 0 Å².